The number of benzene rings is 3. The summed E-state index contributed by atoms with van der Waals surface area (Å²) in [6.07, 6.45) is 11.1. The SMILES string of the molecule is CC1CC(CO[Si](C)(C)C(C)(C)C)C1.CCOC(=O)c1nnc(C2CC(CN(C(=O)OC(C)(C)C)C(=O)OC(C)(C)C)C2)s1.Cl.NCC1CC(c2nnc(CO)s2)C1.O=C(NCC1CC(c2nnc(CO)s2)C1)c1cc(-c2ccccc2)on1.O=C(NCC1CC(c2nnc(CO)s2)C1)c1cc(-c2ccccc2)on1.O=C(O)c1cc(-c2ccccc2)on1.O=C=O.[C-]#[N+]C1CC(=C)C1. The number of aliphatic hydroxyl groups excluding tert-OH is 3. The van der Waals surface area contributed by atoms with Crippen LogP contribution >= 0.6 is 57.8 Å². The van der Waals surface area contributed by atoms with Crippen molar-refractivity contribution in [2.45, 2.75) is 232 Å². The number of aromatic carboxylic acids is 1. The summed E-state index contributed by atoms with van der Waals surface area (Å²) < 4.78 is 37.3. The molecule has 0 bridgehead atoms. The molecule has 134 heavy (non-hydrogen) atoms. The summed E-state index contributed by atoms with van der Waals surface area (Å²) >= 11 is 5.65. The molecule has 3 aromatic carbocycles. The Kier molecular flexibility index (Phi) is 41.8. The van der Waals surface area contributed by atoms with Crippen LogP contribution in [-0.2, 0) is 48.0 Å². The van der Waals surface area contributed by atoms with Crippen molar-refractivity contribution in [2.24, 2.45) is 41.2 Å². The lowest BCUT2D eigenvalue weighted by Crippen LogP contribution is -2.47. The van der Waals surface area contributed by atoms with Gasteiger partial charge < -0.3 is 73.8 Å². The summed E-state index contributed by atoms with van der Waals surface area (Å²) in [5.74, 6) is 4.47. The van der Waals surface area contributed by atoms with Gasteiger partial charge in [-0.2, -0.15) is 9.59 Å². The van der Waals surface area contributed by atoms with Gasteiger partial charge in [-0.3, -0.25) is 9.59 Å². The van der Waals surface area contributed by atoms with Gasteiger partial charge in [0.2, 0.25) is 11.0 Å². The predicted molar refractivity (Wildman–Crippen MR) is 507 cm³/mol. The Morgan fingerprint density at radius 3 is 1.22 bits per heavy atom. The largest absolute Gasteiger partial charge is 0.476 e. The highest BCUT2D eigenvalue weighted by Crippen LogP contribution is 2.47. The molecule has 6 aliphatic rings. The van der Waals surface area contributed by atoms with Gasteiger partial charge in [0.05, 0.1) is 26.4 Å². The van der Waals surface area contributed by atoms with Crippen molar-refractivity contribution in [1.29, 1.82) is 0 Å². The monoisotopic (exact) mass is 1960 g/mol. The Hall–Kier alpha value is -10.9. The number of rotatable bonds is 25. The minimum atomic E-state index is -1.47. The summed E-state index contributed by atoms with van der Waals surface area (Å²) in [4.78, 5) is 92.5. The Balaban J connectivity index is 0.000000198. The van der Waals surface area contributed by atoms with Crippen LogP contribution in [0.25, 0.3) is 38.8 Å². The molecule has 4 amide bonds. The van der Waals surface area contributed by atoms with Crippen molar-refractivity contribution in [3.8, 4) is 34.0 Å². The lowest BCUT2D eigenvalue weighted by atomic mass is 9.75. The number of hydrogen-bond acceptors (Lipinski definition) is 34. The van der Waals surface area contributed by atoms with Crippen LogP contribution in [0, 0.1) is 42.1 Å². The molecular weight excluding hydrogens is 1840 g/mol. The van der Waals surface area contributed by atoms with E-state index in [0.717, 1.165) is 131 Å². The van der Waals surface area contributed by atoms with Crippen LogP contribution in [-0.4, -0.2) is 189 Å². The van der Waals surface area contributed by atoms with E-state index in [-0.39, 0.29) is 103 Å². The number of aromatic nitrogens is 11. The molecule has 10 aromatic rings. The van der Waals surface area contributed by atoms with Crippen LogP contribution < -0.4 is 16.4 Å². The Morgan fingerprint density at radius 2 is 0.910 bits per heavy atom. The maximum absolute atomic E-state index is 12.6. The fourth-order valence-corrected chi connectivity index (χ4v) is 18.6. The molecule has 0 atom stereocenters. The minimum Gasteiger partial charge on any atom is -0.476 e. The molecule has 0 saturated heterocycles. The summed E-state index contributed by atoms with van der Waals surface area (Å²) in [6, 6.07) is 33.3. The van der Waals surface area contributed by atoms with E-state index in [4.69, 9.17) is 74.5 Å². The number of aliphatic hydroxyl groups is 3. The highest BCUT2D eigenvalue weighted by atomic mass is 35.5. The Morgan fingerprint density at radius 1 is 0.552 bits per heavy atom. The maximum Gasteiger partial charge on any atom is 0.419 e. The van der Waals surface area contributed by atoms with Crippen LogP contribution in [0.5, 0.6) is 0 Å². The number of halogens is 1. The second-order valence-electron chi connectivity index (χ2n) is 36.8. The first-order valence-electron chi connectivity index (χ1n) is 44.1. The standard InChI is InChI=1S/C20H31N3O6S.2C18H18N4O3S.C12H26OSi.C10H7NO3.C8H13N3OS.C6H7N.CO2.ClH/c1-8-27-16(24)15-22-21-14(30-15)13-9-12(10-13)11-23(17(25)28-19(2,3)4)18(26)29-20(5,6)7;2*23-10-16-20-21-18(26-16)13-6-11(7-13)9-19-17(24)14-8-15(25-22-14)12-4-2-1-3-5-12;1-10-7-11(8-10)9-13-14(5,6)12(2,3)4;12-10(13)8-6-9(14-11-8)7-4-2-1-3-5-7;9-3-5-1-6(2-5)8-11-10-7(4-12)13-8;1-5-3-6(4-5)7-2;2-1-3;/h12-13H,8-11H2,1-7H3;2*1-5,8,11,13,23H,6-7,9-10H2,(H,19,24);10-11H,7-9H2,1-6H3;1-6H,(H,12,13);5-6,12H,1-4,9H2;6H,1,3-4H2;;1H. The van der Waals surface area contributed by atoms with Crippen molar-refractivity contribution in [1.82, 2.24) is 71.8 Å². The fraction of sp³-hybridized carbons (Fsp3) is 0.516. The van der Waals surface area contributed by atoms with E-state index in [1.165, 1.54) is 69.8 Å². The molecule has 0 radical (unpaired) electrons. The summed E-state index contributed by atoms with van der Waals surface area (Å²) in [6.45, 7) is 39.8. The van der Waals surface area contributed by atoms with Gasteiger partial charge in [-0.15, -0.1) is 53.2 Å². The summed E-state index contributed by atoms with van der Waals surface area (Å²) in [5.41, 5.74) is 8.40. The third-order valence-electron chi connectivity index (χ3n) is 22.8. The number of carboxylic acid groups (broad SMARTS) is 1. The molecule has 6 saturated carbocycles. The molecule has 41 heteroatoms. The molecule has 7 heterocycles. The van der Waals surface area contributed by atoms with E-state index in [0.29, 0.717) is 85.9 Å². The van der Waals surface area contributed by atoms with E-state index in [1.807, 2.05) is 91.0 Å². The minimum absolute atomic E-state index is 0. The Bertz CT molecular complexity index is 5250. The van der Waals surface area contributed by atoms with Crippen molar-refractivity contribution in [2.75, 3.05) is 39.4 Å². The number of carbonyl (C=O) groups is 6. The molecule has 8 N–H and O–H groups in total. The molecule has 722 valence electrons. The zero-order chi connectivity index (χ0) is 96.7. The molecule has 16 rings (SSSR count). The van der Waals surface area contributed by atoms with Crippen molar-refractivity contribution < 1.29 is 91.0 Å². The zero-order valence-corrected chi connectivity index (χ0v) is 82.7. The number of nitrogens with one attached hydrogen (secondary N) is 2. The number of nitrogens with zero attached hydrogens (tertiary/aromatic N) is 13. The number of amides is 4. The molecule has 35 nitrogen and oxygen atoms in total. The molecule has 0 aliphatic heterocycles. The van der Waals surface area contributed by atoms with Gasteiger partial charge in [0.15, 0.2) is 42.7 Å². The van der Waals surface area contributed by atoms with Gasteiger partial charge in [-0.25, -0.2) is 30.7 Å². The second-order valence-corrected chi connectivity index (χ2v) is 45.9. The first-order valence-corrected chi connectivity index (χ1v) is 50.2. The summed E-state index contributed by atoms with van der Waals surface area (Å²) in [5, 5.41) is 90.9. The van der Waals surface area contributed by atoms with Gasteiger partial charge in [0, 0.05) is 97.6 Å². The van der Waals surface area contributed by atoms with Crippen LogP contribution in [0.2, 0.25) is 18.1 Å². The maximum atomic E-state index is 12.6. The van der Waals surface area contributed by atoms with Gasteiger partial charge in [0.25, 0.3) is 11.8 Å². The van der Waals surface area contributed by atoms with Crippen LogP contribution in [0.1, 0.15) is 253 Å². The number of nitrogens with two attached hydrogens (primary N) is 1. The highest BCUT2D eigenvalue weighted by Gasteiger charge is 2.42. The van der Waals surface area contributed by atoms with Gasteiger partial charge in [-0.05, 0) is 173 Å². The topological polar surface area (TPSA) is 493 Å². The van der Waals surface area contributed by atoms with E-state index in [9.17, 15) is 28.8 Å². The lowest BCUT2D eigenvalue weighted by molar-refractivity contribution is -0.191. The number of esters is 1. The van der Waals surface area contributed by atoms with Gasteiger partial charge >= 0.3 is 30.3 Å². The number of imide groups is 1. The second kappa shape index (κ2) is 51.7. The first kappa shape index (κ1) is 108. The van der Waals surface area contributed by atoms with E-state index >= 15 is 0 Å². The van der Waals surface area contributed by atoms with Crippen molar-refractivity contribution in [3.05, 3.63) is 190 Å². The van der Waals surface area contributed by atoms with Gasteiger partial charge in [-0.1, -0.05) is 192 Å². The molecule has 6 aliphatic carbocycles. The summed E-state index contributed by atoms with van der Waals surface area (Å²) in [7, 11) is -1.47. The lowest BCUT2D eigenvalue weighted by Gasteiger charge is -2.40. The average molecular weight is 1960 g/mol. The molecule has 6 fully saturated rings. The van der Waals surface area contributed by atoms with E-state index < -0.39 is 43.6 Å². The molecular formula is C93H121ClN16O19S4Si. The van der Waals surface area contributed by atoms with Gasteiger partial charge in [0.1, 0.15) is 46.3 Å². The molecule has 0 unspecified atom stereocenters. The first-order chi connectivity index (χ1) is 63.3. The van der Waals surface area contributed by atoms with Crippen molar-refractivity contribution >= 4 is 108 Å². The number of carboxylic acids is 1. The van der Waals surface area contributed by atoms with Crippen molar-refractivity contribution in [3.63, 3.8) is 0 Å². The number of carbonyl (C=O) groups excluding carboxylic acids is 7. The molecule has 7 aromatic heterocycles. The van der Waals surface area contributed by atoms with E-state index in [1.54, 1.807) is 60.6 Å². The van der Waals surface area contributed by atoms with Crippen LogP contribution in [0.3, 0.4) is 0 Å². The highest BCUT2D eigenvalue weighted by molar-refractivity contribution is 7.13. The fourth-order valence-electron chi connectivity index (χ4n) is 14.2. The number of hydrogen-bond donors (Lipinski definition) is 7. The normalized spacial score (nSPS) is 19.5. The Labute approximate surface area is 802 Å². The smallest absolute Gasteiger partial charge is 0.419 e. The zero-order valence-electron chi connectivity index (χ0n) is 77.6. The number of ether oxygens (including phenoxy) is 3. The van der Waals surface area contributed by atoms with Crippen LogP contribution in [0.4, 0.5) is 9.59 Å². The third-order valence-corrected chi connectivity index (χ3v) is 31.5. The average Bonchev–Trinajstić information content (AvgIpc) is 1.58. The van der Waals surface area contributed by atoms with Crippen LogP contribution in [0.15, 0.2) is 135 Å². The quantitative estimate of drug-likeness (QED) is 0.00918. The third kappa shape index (κ3) is 33.6. The predicted octanol–water partition coefficient (Wildman–Crippen LogP) is 17.6. The molecule has 0 spiro atoms. The van der Waals surface area contributed by atoms with E-state index in [2.05, 4.69) is 119 Å².